The van der Waals surface area contributed by atoms with Gasteiger partial charge in [0.1, 0.15) is 5.75 Å². The third-order valence-corrected chi connectivity index (χ3v) is 6.08. The summed E-state index contributed by atoms with van der Waals surface area (Å²) in [7, 11) is 1.68. The largest absolute Gasteiger partial charge is 0.497 e. The molecule has 2 rings (SSSR count). The minimum absolute atomic E-state index is 0.0950. The van der Waals surface area contributed by atoms with Gasteiger partial charge in [0.15, 0.2) is 0 Å². The molecule has 2 atom stereocenters. The first-order chi connectivity index (χ1) is 9.10. The van der Waals surface area contributed by atoms with Gasteiger partial charge in [0, 0.05) is 25.7 Å². The highest BCUT2D eigenvalue weighted by atomic mass is 79.9. The van der Waals surface area contributed by atoms with Crippen molar-refractivity contribution in [3.8, 4) is 5.75 Å². The molecule has 2 unspecified atom stereocenters. The van der Waals surface area contributed by atoms with Crippen LogP contribution in [0, 0.1) is 0 Å². The van der Waals surface area contributed by atoms with E-state index in [1.807, 2.05) is 12.1 Å². The Kier molecular flexibility index (Phi) is 5.33. The molecule has 1 heterocycles. The molecule has 0 radical (unpaired) electrons. The summed E-state index contributed by atoms with van der Waals surface area (Å²) < 4.78 is 6.29. The summed E-state index contributed by atoms with van der Waals surface area (Å²) in [6, 6.07) is 10.3. The van der Waals surface area contributed by atoms with Gasteiger partial charge in [0.2, 0.25) is 0 Å². The van der Waals surface area contributed by atoms with E-state index < -0.39 is 0 Å². The van der Waals surface area contributed by atoms with Crippen molar-refractivity contribution in [1.82, 2.24) is 0 Å². The van der Waals surface area contributed by atoms with E-state index >= 15 is 0 Å². The van der Waals surface area contributed by atoms with E-state index in [2.05, 4.69) is 46.4 Å². The highest BCUT2D eigenvalue weighted by Crippen LogP contribution is 2.41. The Balaban J connectivity index is 2.16. The van der Waals surface area contributed by atoms with Crippen LogP contribution in [0.3, 0.4) is 0 Å². The Morgan fingerprint density at radius 1 is 1.32 bits per heavy atom. The topological polar surface area (TPSA) is 35.2 Å². The maximum Gasteiger partial charge on any atom is 0.118 e. The smallest absolute Gasteiger partial charge is 0.118 e. The van der Waals surface area contributed by atoms with Crippen LogP contribution in [0.2, 0.25) is 0 Å². The molecule has 0 fully saturated rings. The fraction of sp³-hybridized carbons (Fsp3) is 0.286. The van der Waals surface area contributed by atoms with Gasteiger partial charge in [-0.1, -0.05) is 0 Å². The molecule has 5 heteroatoms. The van der Waals surface area contributed by atoms with Crippen LogP contribution in [0.25, 0.3) is 0 Å². The number of nitrogens with two attached hydrogens (primary N) is 1. The fourth-order valence-corrected chi connectivity index (χ4v) is 4.54. The van der Waals surface area contributed by atoms with Crippen LogP contribution in [-0.4, -0.2) is 13.2 Å². The van der Waals surface area contributed by atoms with Gasteiger partial charge in [-0.25, -0.2) is 0 Å². The molecule has 19 heavy (non-hydrogen) atoms. The highest BCUT2D eigenvalue weighted by Gasteiger charge is 2.19. The molecule has 2 N–H and O–H groups in total. The summed E-state index contributed by atoms with van der Waals surface area (Å²) in [5, 5.41) is 2.36. The first-order valence-electron chi connectivity index (χ1n) is 5.90. The van der Waals surface area contributed by atoms with Gasteiger partial charge in [0.05, 0.1) is 12.4 Å². The van der Waals surface area contributed by atoms with Crippen LogP contribution in [0.15, 0.2) is 45.1 Å². The normalized spacial score (nSPS) is 14.1. The Hall–Kier alpha value is -0.490. The van der Waals surface area contributed by atoms with Gasteiger partial charge in [-0.2, -0.15) is 0 Å². The molecule has 102 valence electrons. The Morgan fingerprint density at radius 2 is 2.00 bits per heavy atom. The average molecular weight is 358 g/mol. The number of thioether (sulfide) groups is 1. The minimum atomic E-state index is 0.0950. The van der Waals surface area contributed by atoms with E-state index in [4.69, 9.17) is 10.5 Å². The van der Waals surface area contributed by atoms with Gasteiger partial charge in [-0.3, -0.25) is 0 Å². The molecule has 2 nitrogen and oxygen atoms in total. The van der Waals surface area contributed by atoms with Crippen LogP contribution < -0.4 is 10.5 Å². The van der Waals surface area contributed by atoms with Gasteiger partial charge in [0.25, 0.3) is 0 Å². The van der Waals surface area contributed by atoms with Gasteiger partial charge in [-0.05, 0) is 53.2 Å². The lowest BCUT2D eigenvalue weighted by molar-refractivity contribution is 0.414. The minimum Gasteiger partial charge on any atom is -0.497 e. The molecular weight excluding hydrogens is 342 g/mol. The third kappa shape index (κ3) is 3.99. The maximum atomic E-state index is 6.13. The summed E-state index contributed by atoms with van der Waals surface area (Å²) in [4.78, 5) is 2.50. The molecule has 1 aromatic carbocycles. The third-order valence-electron chi connectivity index (χ3n) is 2.67. The van der Waals surface area contributed by atoms with Crippen molar-refractivity contribution >= 4 is 39.0 Å². The standard InChI is InChI=1S/C14H16BrNOS2/c1-9(16)14(13-7-10(15)8-18-13)19-12-5-3-11(17-2)4-6-12/h3-9,14H,16H2,1-2H3. The van der Waals surface area contributed by atoms with E-state index in [-0.39, 0.29) is 11.3 Å². The zero-order chi connectivity index (χ0) is 13.8. The van der Waals surface area contributed by atoms with Crippen molar-refractivity contribution < 1.29 is 4.74 Å². The van der Waals surface area contributed by atoms with Crippen LogP contribution in [-0.2, 0) is 0 Å². The molecule has 0 saturated heterocycles. The molecular formula is C14H16BrNOS2. The Morgan fingerprint density at radius 3 is 2.47 bits per heavy atom. The second-order valence-corrected chi connectivity index (χ2v) is 7.31. The van der Waals surface area contributed by atoms with Crippen molar-refractivity contribution in [2.45, 2.75) is 23.1 Å². The number of methoxy groups -OCH3 is 1. The number of benzene rings is 1. The summed E-state index contributed by atoms with van der Waals surface area (Å²) in [5.41, 5.74) is 6.13. The van der Waals surface area contributed by atoms with Crippen molar-refractivity contribution in [2.75, 3.05) is 7.11 Å². The number of hydrogen-bond donors (Lipinski definition) is 1. The molecule has 0 aliphatic carbocycles. The number of hydrogen-bond acceptors (Lipinski definition) is 4. The molecule has 0 aliphatic heterocycles. The fourth-order valence-electron chi connectivity index (χ4n) is 1.70. The number of thiophene rings is 1. The first-order valence-corrected chi connectivity index (χ1v) is 8.45. The number of halogens is 1. The van der Waals surface area contributed by atoms with Crippen molar-refractivity contribution in [1.29, 1.82) is 0 Å². The van der Waals surface area contributed by atoms with Gasteiger partial charge < -0.3 is 10.5 Å². The van der Waals surface area contributed by atoms with E-state index in [9.17, 15) is 0 Å². The Labute approximate surface area is 130 Å². The zero-order valence-corrected chi connectivity index (χ0v) is 14.0. The maximum absolute atomic E-state index is 6.13. The van der Waals surface area contributed by atoms with E-state index in [0.29, 0.717) is 0 Å². The summed E-state index contributed by atoms with van der Waals surface area (Å²) in [6.45, 7) is 2.05. The average Bonchev–Trinajstić information content (AvgIpc) is 2.82. The van der Waals surface area contributed by atoms with E-state index in [1.54, 1.807) is 30.2 Å². The summed E-state index contributed by atoms with van der Waals surface area (Å²) in [5.74, 6) is 0.876. The van der Waals surface area contributed by atoms with Crippen LogP contribution >= 0.6 is 39.0 Å². The predicted octanol–water partition coefficient (Wildman–Crippen LogP) is 4.70. The van der Waals surface area contributed by atoms with E-state index in [1.165, 1.54) is 9.77 Å². The molecule has 0 spiro atoms. The molecule has 0 amide bonds. The molecule has 0 aliphatic rings. The van der Waals surface area contributed by atoms with Crippen LogP contribution in [0.1, 0.15) is 17.1 Å². The highest BCUT2D eigenvalue weighted by molar-refractivity contribution is 9.10. The van der Waals surface area contributed by atoms with Crippen molar-refractivity contribution in [2.24, 2.45) is 5.73 Å². The zero-order valence-electron chi connectivity index (χ0n) is 10.8. The van der Waals surface area contributed by atoms with Crippen LogP contribution in [0.4, 0.5) is 0 Å². The quantitative estimate of drug-likeness (QED) is 0.787. The lowest BCUT2D eigenvalue weighted by Gasteiger charge is -2.19. The summed E-state index contributed by atoms with van der Waals surface area (Å²) >= 11 is 7.03. The number of ether oxygens (including phenoxy) is 1. The molecule has 0 saturated carbocycles. The Bertz CT molecular complexity index is 524. The van der Waals surface area contributed by atoms with Crippen LogP contribution in [0.5, 0.6) is 5.75 Å². The number of rotatable bonds is 5. The predicted molar refractivity (Wildman–Crippen MR) is 87.3 cm³/mol. The second-order valence-electron chi connectivity index (χ2n) is 4.24. The van der Waals surface area contributed by atoms with E-state index in [0.717, 1.165) is 10.2 Å². The molecule has 2 aromatic rings. The first kappa shape index (κ1) is 14.9. The molecule has 1 aromatic heterocycles. The summed E-state index contributed by atoms with van der Waals surface area (Å²) in [6.07, 6.45) is 0. The van der Waals surface area contributed by atoms with Crippen molar-refractivity contribution in [3.05, 3.63) is 45.1 Å². The molecule has 0 bridgehead atoms. The van der Waals surface area contributed by atoms with Crippen molar-refractivity contribution in [3.63, 3.8) is 0 Å². The lowest BCUT2D eigenvalue weighted by Crippen LogP contribution is -2.21. The SMILES string of the molecule is COc1ccc(SC(c2cc(Br)cs2)C(C)N)cc1. The lowest BCUT2D eigenvalue weighted by atomic mass is 10.2. The van der Waals surface area contributed by atoms with Gasteiger partial charge in [-0.15, -0.1) is 23.1 Å². The monoisotopic (exact) mass is 357 g/mol. The van der Waals surface area contributed by atoms with Gasteiger partial charge >= 0.3 is 0 Å². The second kappa shape index (κ2) is 6.79.